The first-order valence-electron chi connectivity index (χ1n) is 10.9. The van der Waals surface area contributed by atoms with Crippen LogP contribution in [0.3, 0.4) is 0 Å². The molecule has 0 atom stereocenters. The summed E-state index contributed by atoms with van der Waals surface area (Å²) in [5.41, 5.74) is 1.30. The largest absolute Gasteiger partial charge is 0.386 e. The van der Waals surface area contributed by atoms with Gasteiger partial charge in [-0.3, -0.25) is 9.36 Å². The van der Waals surface area contributed by atoms with Gasteiger partial charge in [0.2, 0.25) is 5.95 Å². The maximum atomic E-state index is 12.9. The quantitative estimate of drug-likeness (QED) is 0.528. The molecule has 0 aromatic carbocycles. The number of piperidine rings is 1. The number of hydrogen-bond donors (Lipinski definition) is 4. The van der Waals surface area contributed by atoms with Crippen LogP contribution in [0, 0.1) is 16.7 Å². The molecule has 0 bridgehead atoms. The Hall–Kier alpha value is -3.25. The summed E-state index contributed by atoms with van der Waals surface area (Å²) in [7, 11) is 0. The van der Waals surface area contributed by atoms with Gasteiger partial charge in [0.05, 0.1) is 11.4 Å². The van der Waals surface area contributed by atoms with Crippen LogP contribution in [0.5, 0.6) is 0 Å². The first kappa shape index (κ1) is 21.0. The average Bonchev–Trinajstić information content (AvgIpc) is 3.31. The van der Waals surface area contributed by atoms with Crippen molar-refractivity contribution in [1.82, 2.24) is 25.2 Å². The molecular formula is C22H28N8O. The minimum Gasteiger partial charge on any atom is -0.386 e. The number of pyridine rings is 1. The molecule has 2 aromatic rings. The van der Waals surface area contributed by atoms with Crippen LogP contribution in [0.15, 0.2) is 29.0 Å². The number of anilines is 1. The van der Waals surface area contributed by atoms with Gasteiger partial charge in [0, 0.05) is 29.9 Å². The van der Waals surface area contributed by atoms with Crippen molar-refractivity contribution in [1.29, 1.82) is 10.7 Å². The average molecular weight is 421 g/mol. The standard InChI is InChI=1S/C22H28N8O/c1-14(24)19(13-26-17-6-8-25-9-7-17)28-22-27-12-16-10-15(11-23)21(31)30(20(16)29-22)18-4-2-3-5-18/h10,12-13,17-18,24-26H,2-9H2,1H3,(H,27,28,29)/b19-13+,24-14?. The first-order chi connectivity index (χ1) is 15.1. The van der Waals surface area contributed by atoms with Gasteiger partial charge >= 0.3 is 0 Å². The van der Waals surface area contributed by atoms with Crippen LogP contribution in [0.2, 0.25) is 0 Å². The van der Waals surface area contributed by atoms with Crippen LogP contribution in [0.1, 0.15) is 57.1 Å². The molecule has 2 aliphatic rings. The predicted molar refractivity (Wildman–Crippen MR) is 120 cm³/mol. The molecule has 0 unspecified atom stereocenters. The molecule has 2 fully saturated rings. The number of nitrogens with one attached hydrogen (secondary N) is 4. The molecular weight excluding hydrogens is 392 g/mol. The minimum atomic E-state index is -0.293. The Labute approximate surface area is 181 Å². The van der Waals surface area contributed by atoms with Crippen molar-refractivity contribution in [3.63, 3.8) is 0 Å². The third-order valence-corrected chi connectivity index (χ3v) is 6.04. The fourth-order valence-electron chi connectivity index (χ4n) is 4.31. The van der Waals surface area contributed by atoms with E-state index in [1.807, 2.05) is 12.3 Å². The Balaban J connectivity index is 1.67. The molecule has 4 N–H and O–H groups in total. The highest BCUT2D eigenvalue weighted by Gasteiger charge is 2.23. The number of aromatic nitrogens is 3. The molecule has 0 amide bonds. The molecule has 1 aliphatic heterocycles. The van der Waals surface area contributed by atoms with Crippen LogP contribution in [0.25, 0.3) is 11.0 Å². The van der Waals surface area contributed by atoms with Crippen molar-refractivity contribution >= 4 is 22.7 Å². The van der Waals surface area contributed by atoms with E-state index in [0.717, 1.165) is 51.6 Å². The van der Waals surface area contributed by atoms with Crippen molar-refractivity contribution in [2.75, 3.05) is 18.4 Å². The highest BCUT2D eigenvalue weighted by molar-refractivity contribution is 5.98. The summed E-state index contributed by atoms with van der Waals surface area (Å²) >= 11 is 0. The SMILES string of the molecule is CC(=N)/C(=C\NC1CCNCC1)Nc1ncc2cc(C#N)c(=O)n(C3CCCC3)c2n1. The zero-order valence-electron chi connectivity index (χ0n) is 17.7. The molecule has 9 heteroatoms. The molecule has 4 rings (SSSR count). The summed E-state index contributed by atoms with van der Waals surface area (Å²) in [6.45, 7) is 3.67. The van der Waals surface area contributed by atoms with Gasteiger partial charge in [-0.05, 0) is 51.8 Å². The number of nitrogens with zero attached hydrogens (tertiary/aromatic N) is 4. The number of fused-ring (bicyclic) bond motifs is 1. The maximum absolute atomic E-state index is 12.9. The van der Waals surface area contributed by atoms with E-state index >= 15 is 0 Å². The van der Waals surface area contributed by atoms with Gasteiger partial charge in [0.15, 0.2) is 0 Å². The van der Waals surface area contributed by atoms with E-state index in [1.165, 1.54) is 0 Å². The molecule has 162 valence electrons. The van der Waals surface area contributed by atoms with Gasteiger partial charge < -0.3 is 21.4 Å². The fraction of sp³-hybridized carbons (Fsp3) is 0.500. The molecule has 31 heavy (non-hydrogen) atoms. The topological polar surface area (TPSA) is 132 Å². The highest BCUT2D eigenvalue weighted by Crippen LogP contribution is 2.30. The Bertz CT molecular complexity index is 1100. The predicted octanol–water partition coefficient (Wildman–Crippen LogP) is 2.41. The van der Waals surface area contributed by atoms with E-state index in [1.54, 1.807) is 23.8 Å². The molecule has 1 saturated heterocycles. The summed E-state index contributed by atoms with van der Waals surface area (Å²) in [6.07, 6.45) is 9.44. The molecule has 1 aliphatic carbocycles. The van der Waals surface area contributed by atoms with Gasteiger partial charge in [-0.1, -0.05) is 12.8 Å². The Kier molecular flexibility index (Phi) is 6.28. The number of rotatable bonds is 6. The molecule has 0 spiro atoms. The Morgan fingerprint density at radius 3 is 2.74 bits per heavy atom. The second-order valence-electron chi connectivity index (χ2n) is 8.25. The lowest BCUT2D eigenvalue weighted by Crippen LogP contribution is -2.38. The van der Waals surface area contributed by atoms with Crippen LogP contribution in [-0.4, -0.2) is 39.4 Å². The third-order valence-electron chi connectivity index (χ3n) is 6.04. The van der Waals surface area contributed by atoms with Crippen LogP contribution < -0.4 is 21.5 Å². The number of nitriles is 1. The summed E-state index contributed by atoms with van der Waals surface area (Å²) in [5.74, 6) is 0.327. The van der Waals surface area contributed by atoms with E-state index < -0.39 is 0 Å². The highest BCUT2D eigenvalue weighted by atomic mass is 16.1. The van der Waals surface area contributed by atoms with Gasteiger partial charge in [-0.25, -0.2) is 4.98 Å². The van der Waals surface area contributed by atoms with Gasteiger partial charge in [0.25, 0.3) is 5.56 Å². The monoisotopic (exact) mass is 420 g/mol. The molecule has 1 saturated carbocycles. The van der Waals surface area contributed by atoms with Gasteiger partial charge in [0.1, 0.15) is 17.3 Å². The van der Waals surface area contributed by atoms with Crippen LogP contribution >= 0.6 is 0 Å². The lowest BCUT2D eigenvalue weighted by Gasteiger charge is -2.23. The molecule has 0 radical (unpaired) electrons. The van der Waals surface area contributed by atoms with E-state index in [0.29, 0.717) is 34.4 Å². The fourth-order valence-corrected chi connectivity index (χ4v) is 4.31. The minimum absolute atomic E-state index is 0.0483. The van der Waals surface area contributed by atoms with E-state index in [4.69, 9.17) is 5.41 Å². The Morgan fingerprint density at radius 2 is 2.06 bits per heavy atom. The van der Waals surface area contributed by atoms with Crippen molar-refractivity contribution in [2.24, 2.45) is 0 Å². The van der Waals surface area contributed by atoms with Crippen molar-refractivity contribution in [3.05, 3.63) is 40.1 Å². The second kappa shape index (κ2) is 9.27. The number of hydrogen-bond acceptors (Lipinski definition) is 8. The summed E-state index contributed by atoms with van der Waals surface area (Å²) in [4.78, 5) is 21.9. The van der Waals surface area contributed by atoms with E-state index in [9.17, 15) is 10.1 Å². The van der Waals surface area contributed by atoms with E-state index in [-0.39, 0.29) is 17.2 Å². The number of allylic oxidation sites excluding steroid dienone is 1. The lowest BCUT2D eigenvalue weighted by atomic mass is 10.1. The second-order valence-corrected chi connectivity index (χ2v) is 8.25. The van der Waals surface area contributed by atoms with E-state index in [2.05, 4.69) is 25.9 Å². The van der Waals surface area contributed by atoms with Crippen molar-refractivity contribution in [3.8, 4) is 6.07 Å². The Morgan fingerprint density at radius 1 is 1.32 bits per heavy atom. The summed E-state index contributed by atoms with van der Waals surface area (Å²) in [5, 5.41) is 28.0. The molecule has 2 aromatic heterocycles. The van der Waals surface area contributed by atoms with Crippen molar-refractivity contribution in [2.45, 2.75) is 57.5 Å². The van der Waals surface area contributed by atoms with Gasteiger partial charge in [-0.2, -0.15) is 10.2 Å². The van der Waals surface area contributed by atoms with Crippen molar-refractivity contribution < 1.29 is 0 Å². The zero-order valence-corrected chi connectivity index (χ0v) is 17.7. The zero-order chi connectivity index (χ0) is 21.8. The molecule has 3 heterocycles. The van der Waals surface area contributed by atoms with Crippen LogP contribution in [-0.2, 0) is 0 Å². The summed E-state index contributed by atoms with van der Waals surface area (Å²) in [6, 6.07) is 3.98. The summed E-state index contributed by atoms with van der Waals surface area (Å²) < 4.78 is 1.67. The first-order valence-corrected chi connectivity index (χ1v) is 10.9. The normalized spacial score (nSPS) is 18.1. The lowest BCUT2D eigenvalue weighted by molar-refractivity contribution is 0.419. The van der Waals surface area contributed by atoms with Gasteiger partial charge in [-0.15, -0.1) is 0 Å². The third kappa shape index (κ3) is 4.59. The molecule has 9 nitrogen and oxygen atoms in total. The maximum Gasteiger partial charge on any atom is 0.270 e. The smallest absolute Gasteiger partial charge is 0.270 e. The van der Waals surface area contributed by atoms with Crippen LogP contribution in [0.4, 0.5) is 5.95 Å².